The molecule has 0 aliphatic heterocycles. The molecule has 1 rings (SSSR count). The first-order valence-electron chi connectivity index (χ1n) is 4.23. The van der Waals surface area contributed by atoms with Crippen LogP contribution < -0.4 is 10.1 Å². The highest BCUT2D eigenvalue weighted by molar-refractivity contribution is 6.00. The molecule has 1 aromatic carbocycles. The number of methoxy groups -OCH3 is 1. The fourth-order valence-electron chi connectivity index (χ4n) is 1.13. The molecule has 1 amide bonds. The van der Waals surface area contributed by atoms with E-state index >= 15 is 0 Å². The predicted molar refractivity (Wildman–Crippen MR) is 54.3 cm³/mol. The van der Waals surface area contributed by atoms with Crippen molar-refractivity contribution in [1.82, 2.24) is 0 Å². The largest absolute Gasteiger partial charge is 0.497 e. The Labute approximate surface area is 86.7 Å². The van der Waals surface area contributed by atoms with Crippen LogP contribution in [0.2, 0.25) is 0 Å². The van der Waals surface area contributed by atoms with Gasteiger partial charge >= 0.3 is 5.97 Å². The van der Waals surface area contributed by atoms with Gasteiger partial charge in [-0.05, 0) is 12.1 Å². The Hall–Kier alpha value is -2.04. The molecule has 0 saturated carbocycles. The van der Waals surface area contributed by atoms with Crippen LogP contribution in [-0.4, -0.2) is 24.1 Å². The maximum Gasteiger partial charge on any atom is 0.337 e. The summed E-state index contributed by atoms with van der Waals surface area (Å²) in [4.78, 5) is 21.7. The molecule has 0 fully saturated rings. The number of amides is 1. The number of nitrogens with one attached hydrogen (secondary N) is 1. The summed E-state index contributed by atoms with van der Waals surface area (Å²) in [6.45, 7) is 1.31. The van der Waals surface area contributed by atoms with Gasteiger partial charge in [0.15, 0.2) is 0 Å². The molecular weight excluding hydrogens is 198 g/mol. The smallest absolute Gasteiger partial charge is 0.337 e. The number of carbonyl (C=O) groups is 2. The highest BCUT2D eigenvalue weighted by Gasteiger charge is 2.11. The maximum atomic E-state index is 10.8. The van der Waals surface area contributed by atoms with Gasteiger partial charge in [-0.1, -0.05) is 0 Å². The first-order valence-corrected chi connectivity index (χ1v) is 4.23. The molecule has 1 aromatic rings. The third kappa shape index (κ3) is 2.70. The van der Waals surface area contributed by atoms with Crippen molar-refractivity contribution >= 4 is 17.6 Å². The number of rotatable bonds is 3. The second-order valence-corrected chi connectivity index (χ2v) is 2.90. The Bertz CT molecular complexity index is 400. The number of hydrogen-bond donors (Lipinski definition) is 2. The standard InChI is InChI=1S/C10H11NO4/c1-6(12)11-9-5-7(15-2)3-4-8(9)10(13)14/h3-5H,1-2H3,(H,11,12)(H,13,14). The summed E-state index contributed by atoms with van der Waals surface area (Å²) < 4.78 is 4.93. The van der Waals surface area contributed by atoms with Crippen molar-refractivity contribution in [3.05, 3.63) is 23.8 Å². The number of ether oxygens (including phenoxy) is 1. The molecular formula is C10H11NO4. The zero-order valence-corrected chi connectivity index (χ0v) is 8.40. The minimum Gasteiger partial charge on any atom is -0.497 e. The van der Waals surface area contributed by atoms with Gasteiger partial charge in [0.2, 0.25) is 5.91 Å². The molecule has 2 N–H and O–H groups in total. The van der Waals surface area contributed by atoms with Gasteiger partial charge in [-0.15, -0.1) is 0 Å². The van der Waals surface area contributed by atoms with Crippen molar-refractivity contribution in [3.8, 4) is 5.75 Å². The second kappa shape index (κ2) is 4.45. The van der Waals surface area contributed by atoms with Gasteiger partial charge in [0.25, 0.3) is 0 Å². The van der Waals surface area contributed by atoms with Crippen molar-refractivity contribution < 1.29 is 19.4 Å². The van der Waals surface area contributed by atoms with E-state index in [1.807, 2.05) is 0 Å². The summed E-state index contributed by atoms with van der Waals surface area (Å²) >= 11 is 0. The minimum atomic E-state index is -1.10. The van der Waals surface area contributed by atoms with Crippen LogP contribution in [0.25, 0.3) is 0 Å². The van der Waals surface area contributed by atoms with E-state index in [1.54, 1.807) is 0 Å². The second-order valence-electron chi connectivity index (χ2n) is 2.90. The topological polar surface area (TPSA) is 75.6 Å². The van der Waals surface area contributed by atoms with E-state index in [1.165, 1.54) is 32.2 Å². The maximum absolute atomic E-state index is 10.8. The van der Waals surface area contributed by atoms with Crippen LogP contribution in [0.3, 0.4) is 0 Å². The van der Waals surface area contributed by atoms with E-state index in [9.17, 15) is 9.59 Å². The van der Waals surface area contributed by atoms with Gasteiger partial charge < -0.3 is 15.2 Å². The van der Waals surface area contributed by atoms with Crippen molar-refractivity contribution in [1.29, 1.82) is 0 Å². The number of carboxylic acids is 1. The molecule has 0 aliphatic carbocycles. The number of benzene rings is 1. The molecule has 0 spiro atoms. The molecule has 0 unspecified atom stereocenters. The number of carbonyl (C=O) groups excluding carboxylic acids is 1. The summed E-state index contributed by atoms with van der Waals surface area (Å²) in [7, 11) is 1.47. The van der Waals surface area contributed by atoms with Gasteiger partial charge in [0.1, 0.15) is 5.75 Å². The zero-order chi connectivity index (χ0) is 11.4. The molecule has 0 radical (unpaired) electrons. The van der Waals surface area contributed by atoms with Crippen LogP contribution in [0, 0.1) is 0 Å². The van der Waals surface area contributed by atoms with Crippen LogP contribution in [0.1, 0.15) is 17.3 Å². The average Bonchev–Trinajstić information content (AvgIpc) is 2.16. The predicted octanol–water partition coefficient (Wildman–Crippen LogP) is 1.35. The lowest BCUT2D eigenvalue weighted by Gasteiger charge is -2.08. The van der Waals surface area contributed by atoms with Crippen LogP contribution in [0.15, 0.2) is 18.2 Å². The molecule has 80 valence electrons. The highest BCUT2D eigenvalue weighted by Crippen LogP contribution is 2.22. The molecule has 5 nitrogen and oxygen atoms in total. The lowest BCUT2D eigenvalue weighted by molar-refractivity contribution is -0.114. The van der Waals surface area contributed by atoms with Gasteiger partial charge in [0, 0.05) is 13.0 Å². The molecule has 0 bridgehead atoms. The van der Waals surface area contributed by atoms with Crippen molar-refractivity contribution in [2.24, 2.45) is 0 Å². The summed E-state index contributed by atoms with van der Waals surface area (Å²) in [5, 5.41) is 11.3. The minimum absolute atomic E-state index is 0.0333. The Morgan fingerprint density at radius 2 is 2.07 bits per heavy atom. The van der Waals surface area contributed by atoms with Crippen LogP contribution in [0.4, 0.5) is 5.69 Å². The number of carboxylic acid groups (broad SMARTS) is 1. The summed E-state index contributed by atoms with van der Waals surface area (Å²) in [6, 6.07) is 4.37. The Balaban J connectivity index is 3.16. The van der Waals surface area contributed by atoms with Gasteiger partial charge in [-0.2, -0.15) is 0 Å². The van der Waals surface area contributed by atoms with Crippen LogP contribution in [-0.2, 0) is 4.79 Å². The van der Waals surface area contributed by atoms with Gasteiger partial charge in [0.05, 0.1) is 18.4 Å². The van der Waals surface area contributed by atoms with Crippen molar-refractivity contribution in [2.45, 2.75) is 6.92 Å². The molecule has 5 heteroatoms. The van der Waals surface area contributed by atoms with Crippen LogP contribution >= 0.6 is 0 Å². The van der Waals surface area contributed by atoms with E-state index in [-0.39, 0.29) is 17.2 Å². The summed E-state index contributed by atoms with van der Waals surface area (Å²) in [5.74, 6) is -0.934. The van der Waals surface area contributed by atoms with E-state index in [0.29, 0.717) is 5.75 Å². The molecule has 15 heavy (non-hydrogen) atoms. The third-order valence-corrected chi connectivity index (χ3v) is 1.77. The fraction of sp³-hybridized carbons (Fsp3) is 0.200. The van der Waals surface area contributed by atoms with Gasteiger partial charge in [-0.25, -0.2) is 4.79 Å². The average molecular weight is 209 g/mol. The highest BCUT2D eigenvalue weighted by atomic mass is 16.5. The monoisotopic (exact) mass is 209 g/mol. The molecule has 0 heterocycles. The Morgan fingerprint density at radius 1 is 1.40 bits per heavy atom. The first kappa shape index (κ1) is 11.0. The van der Waals surface area contributed by atoms with Gasteiger partial charge in [-0.3, -0.25) is 4.79 Å². The summed E-state index contributed by atoms with van der Waals surface area (Å²) in [5.41, 5.74) is 0.264. The first-order chi connectivity index (χ1) is 7.04. The quantitative estimate of drug-likeness (QED) is 0.787. The van der Waals surface area contributed by atoms with E-state index in [2.05, 4.69) is 5.32 Å². The van der Waals surface area contributed by atoms with Crippen molar-refractivity contribution in [3.63, 3.8) is 0 Å². The molecule has 0 aliphatic rings. The summed E-state index contributed by atoms with van der Waals surface area (Å²) in [6.07, 6.45) is 0. The third-order valence-electron chi connectivity index (χ3n) is 1.77. The van der Waals surface area contributed by atoms with E-state index in [0.717, 1.165) is 0 Å². The lowest BCUT2D eigenvalue weighted by atomic mass is 10.1. The van der Waals surface area contributed by atoms with Crippen LogP contribution in [0.5, 0.6) is 5.75 Å². The lowest BCUT2D eigenvalue weighted by Crippen LogP contribution is -2.10. The van der Waals surface area contributed by atoms with E-state index in [4.69, 9.17) is 9.84 Å². The fourth-order valence-corrected chi connectivity index (χ4v) is 1.13. The number of aromatic carboxylic acids is 1. The van der Waals surface area contributed by atoms with E-state index < -0.39 is 5.97 Å². The molecule has 0 saturated heterocycles. The molecule has 0 aromatic heterocycles. The SMILES string of the molecule is COc1ccc(C(=O)O)c(NC(C)=O)c1. The zero-order valence-electron chi connectivity index (χ0n) is 8.40. The Kier molecular flexibility index (Phi) is 3.28. The number of anilines is 1. The normalized spacial score (nSPS) is 9.47. The molecule has 0 atom stereocenters. The van der Waals surface area contributed by atoms with Crippen molar-refractivity contribution in [2.75, 3.05) is 12.4 Å². The number of hydrogen-bond acceptors (Lipinski definition) is 3. The Morgan fingerprint density at radius 3 is 2.53 bits per heavy atom.